The molecule has 0 atom stereocenters. The molecular weight excluding hydrogens is 374 g/mol. The van der Waals surface area contributed by atoms with Crippen LogP contribution in [0.15, 0.2) is 53.6 Å². The topological polar surface area (TPSA) is 74.1 Å². The third-order valence-electron chi connectivity index (χ3n) is 5.82. The molecule has 7 heteroatoms. The number of nitrogens with one attached hydrogen (secondary N) is 2. The molecule has 2 aromatic heterocycles. The van der Waals surface area contributed by atoms with Gasteiger partial charge in [0.1, 0.15) is 0 Å². The summed E-state index contributed by atoms with van der Waals surface area (Å²) in [4.78, 5) is 19.4. The predicted molar refractivity (Wildman–Crippen MR) is 125 cm³/mol. The van der Waals surface area contributed by atoms with Crippen molar-refractivity contribution in [2.24, 2.45) is 4.99 Å². The van der Waals surface area contributed by atoms with Crippen LogP contribution in [0.2, 0.25) is 0 Å². The average Bonchev–Trinajstić information content (AvgIpc) is 3.41. The third kappa shape index (κ3) is 4.97. The van der Waals surface area contributed by atoms with Gasteiger partial charge in [-0.15, -0.1) is 0 Å². The number of rotatable bonds is 7. The Labute approximate surface area is 179 Å². The minimum Gasteiger partial charge on any atom is -0.342 e. The van der Waals surface area contributed by atoms with Crippen molar-refractivity contribution in [1.82, 2.24) is 24.8 Å². The number of aromatic amines is 1. The summed E-state index contributed by atoms with van der Waals surface area (Å²) >= 11 is 0. The van der Waals surface area contributed by atoms with Crippen molar-refractivity contribution >= 4 is 23.2 Å². The van der Waals surface area contributed by atoms with Gasteiger partial charge >= 0.3 is 0 Å². The van der Waals surface area contributed by atoms with Gasteiger partial charge in [0.25, 0.3) is 0 Å². The lowest BCUT2D eigenvalue weighted by molar-refractivity contribution is 0.440. The smallest absolute Gasteiger partial charge is 0.205 e. The van der Waals surface area contributed by atoms with Gasteiger partial charge in [-0.1, -0.05) is 6.58 Å². The van der Waals surface area contributed by atoms with Crippen LogP contribution in [-0.4, -0.2) is 51.4 Å². The van der Waals surface area contributed by atoms with Gasteiger partial charge in [-0.3, -0.25) is 0 Å². The Kier molecular flexibility index (Phi) is 7.05. The Morgan fingerprint density at radius 1 is 1.30 bits per heavy atom. The van der Waals surface area contributed by atoms with Crippen LogP contribution in [0.1, 0.15) is 39.3 Å². The molecule has 1 fully saturated rings. The number of imidazole rings is 2. The molecule has 2 N–H and O–H groups in total. The van der Waals surface area contributed by atoms with E-state index in [2.05, 4.69) is 53.7 Å². The molecule has 0 radical (unpaired) electrons. The number of anilines is 1. The first-order valence-corrected chi connectivity index (χ1v) is 10.5. The maximum Gasteiger partial charge on any atom is 0.205 e. The van der Waals surface area contributed by atoms with Gasteiger partial charge in [-0.25, -0.2) is 9.98 Å². The number of aliphatic imine (C=N–C) groups is 1. The van der Waals surface area contributed by atoms with Gasteiger partial charge in [0, 0.05) is 36.9 Å². The number of H-pyrrole nitrogens is 1. The Bertz CT molecular complexity index is 954. The standard InChI is InChI=1S/C23H33N7/c1-7-20(30-13-12-25-15-30)14-16(2)17(3)18(4)26-22-19(5)27-23(28-22)29(6)21-8-10-24-11-9-21/h7,12-15,21,24H,1,8-11H2,2-6H3,(H,27,28)/b17-16+,20-14+,26-18+. The second kappa shape index (κ2) is 9.71. The minimum atomic E-state index is 0.504. The van der Waals surface area contributed by atoms with Crippen LogP contribution in [0.25, 0.3) is 5.70 Å². The van der Waals surface area contributed by atoms with Crippen molar-refractivity contribution in [3.05, 3.63) is 54.3 Å². The average molecular weight is 408 g/mol. The van der Waals surface area contributed by atoms with Crippen molar-refractivity contribution in [3.8, 4) is 0 Å². The molecule has 0 bridgehead atoms. The number of nitrogens with zero attached hydrogens (tertiary/aromatic N) is 5. The second-order valence-corrected chi connectivity index (χ2v) is 7.85. The van der Waals surface area contributed by atoms with E-state index in [9.17, 15) is 0 Å². The van der Waals surface area contributed by atoms with E-state index in [1.165, 1.54) is 0 Å². The fourth-order valence-corrected chi connectivity index (χ4v) is 3.59. The fourth-order valence-electron chi connectivity index (χ4n) is 3.59. The molecule has 3 heterocycles. The van der Waals surface area contributed by atoms with Crippen LogP contribution in [0.3, 0.4) is 0 Å². The Morgan fingerprint density at radius 2 is 2.03 bits per heavy atom. The molecule has 1 aliphatic heterocycles. The molecule has 30 heavy (non-hydrogen) atoms. The molecule has 0 saturated carbocycles. The van der Waals surface area contributed by atoms with Gasteiger partial charge < -0.3 is 19.8 Å². The van der Waals surface area contributed by atoms with E-state index in [1.807, 2.05) is 30.7 Å². The summed E-state index contributed by atoms with van der Waals surface area (Å²) in [5.74, 6) is 1.64. The quantitative estimate of drug-likeness (QED) is 0.531. The van der Waals surface area contributed by atoms with Gasteiger partial charge in [0.15, 0.2) is 5.82 Å². The van der Waals surface area contributed by atoms with E-state index in [0.717, 1.165) is 65.9 Å². The molecule has 160 valence electrons. The van der Waals surface area contributed by atoms with Crippen LogP contribution >= 0.6 is 0 Å². The van der Waals surface area contributed by atoms with Crippen LogP contribution < -0.4 is 10.2 Å². The van der Waals surface area contributed by atoms with E-state index >= 15 is 0 Å². The van der Waals surface area contributed by atoms with E-state index in [0.29, 0.717) is 6.04 Å². The monoisotopic (exact) mass is 407 g/mol. The van der Waals surface area contributed by atoms with Crippen molar-refractivity contribution in [1.29, 1.82) is 0 Å². The van der Waals surface area contributed by atoms with E-state index in [-0.39, 0.29) is 0 Å². The lowest BCUT2D eigenvalue weighted by Crippen LogP contribution is -2.41. The molecule has 1 aliphatic rings. The normalized spacial score (nSPS) is 17.1. The van der Waals surface area contributed by atoms with E-state index in [1.54, 1.807) is 12.5 Å². The highest BCUT2D eigenvalue weighted by Gasteiger charge is 2.21. The first-order valence-electron chi connectivity index (χ1n) is 10.5. The van der Waals surface area contributed by atoms with Gasteiger partial charge in [0.05, 0.1) is 12.0 Å². The number of aromatic nitrogens is 4. The molecular formula is C23H33N7. The van der Waals surface area contributed by atoms with Crippen LogP contribution in [0.5, 0.6) is 0 Å². The lowest BCUT2D eigenvalue weighted by atomic mass is 10.1. The molecule has 2 aromatic rings. The molecule has 3 rings (SSSR count). The molecule has 0 amide bonds. The first-order chi connectivity index (χ1) is 14.4. The summed E-state index contributed by atoms with van der Waals surface area (Å²) < 4.78 is 1.94. The first kappa shape index (κ1) is 21.8. The van der Waals surface area contributed by atoms with E-state index < -0.39 is 0 Å². The molecule has 1 saturated heterocycles. The van der Waals surface area contributed by atoms with Gasteiger partial charge in [0.2, 0.25) is 5.95 Å². The van der Waals surface area contributed by atoms with Crippen molar-refractivity contribution in [2.75, 3.05) is 25.0 Å². The zero-order chi connectivity index (χ0) is 21.7. The highest BCUT2D eigenvalue weighted by molar-refractivity contribution is 6.00. The highest BCUT2D eigenvalue weighted by Crippen LogP contribution is 2.24. The minimum absolute atomic E-state index is 0.504. The van der Waals surface area contributed by atoms with Crippen LogP contribution in [0.4, 0.5) is 11.8 Å². The third-order valence-corrected chi connectivity index (χ3v) is 5.82. The highest BCUT2D eigenvalue weighted by atomic mass is 15.3. The second-order valence-electron chi connectivity index (χ2n) is 7.85. The predicted octanol–water partition coefficient (Wildman–Crippen LogP) is 4.26. The largest absolute Gasteiger partial charge is 0.342 e. The summed E-state index contributed by atoms with van der Waals surface area (Å²) in [6.45, 7) is 14.3. The number of hydrogen-bond donors (Lipinski definition) is 2. The maximum atomic E-state index is 4.83. The number of hydrogen-bond acceptors (Lipinski definition) is 5. The zero-order valence-electron chi connectivity index (χ0n) is 18.7. The summed E-state index contributed by atoms with van der Waals surface area (Å²) in [6, 6.07) is 0.504. The SMILES string of the molecule is C=C\C(=C/C(C)=C(C)/C(C)=N/c1nc(N(C)C2CCNCC2)[nH]c1C)n1ccnc1. The summed E-state index contributed by atoms with van der Waals surface area (Å²) in [6.07, 6.45) is 11.6. The molecule has 0 spiro atoms. The summed E-state index contributed by atoms with van der Waals surface area (Å²) in [7, 11) is 2.11. The fraction of sp³-hybridized carbons (Fsp3) is 0.435. The van der Waals surface area contributed by atoms with Crippen molar-refractivity contribution in [2.45, 2.75) is 46.6 Å². The number of allylic oxidation sites excluding steroid dienone is 5. The van der Waals surface area contributed by atoms with Crippen LogP contribution in [0, 0.1) is 6.92 Å². The Morgan fingerprint density at radius 3 is 2.67 bits per heavy atom. The van der Waals surface area contributed by atoms with Crippen molar-refractivity contribution in [3.63, 3.8) is 0 Å². The summed E-state index contributed by atoms with van der Waals surface area (Å²) in [5.41, 5.74) is 5.14. The van der Waals surface area contributed by atoms with Crippen LogP contribution in [-0.2, 0) is 0 Å². The lowest BCUT2D eigenvalue weighted by Gasteiger charge is -2.31. The zero-order valence-corrected chi connectivity index (χ0v) is 18.7. The Balaban J connectivity index is 1.82. The maximum absolute atomic E-state index is 4.83. The molecule has 7 nitrogen and oxygen atoms in total. The van der Waals surface area contributed by atoms with Gasteiger partial charge in [-0.2, -0.15) is 4.98 Å². The van der Waals surface area contributed by atoms with E-state index in [4.69, 9.17) is 9.98 Å². The Hall–Kier alpha value is -2.93. The molecule has 0 aliphatic carbocycles. The summed E-state index contributed by atoms with van der Waals surface area (Å²) in [5, 5.41) is 3.41. The molecule has 0 unspecified atom stereocenters. The number of piperidine rings is 1. The van der Waals surface area contributed by atoms with Crippen molar-refractivity contribution < 1.29 is 0 Å². The van der Waals surface area contributed by atoms with Gasteiger partial charge in [-0.05, 0) is 76.9 Å². The molecule has 0 aromatic carbocycles. The number of aryl methyl sites for hydroxylation is 1.